The fourth-order valence-electron chi connectivity index (χ4n) is 2.76. The van der Waals surface area contributed by atoms with Gasteiger partial charge in [-0.05, 0) is 54.4 Å². The summed E-state index contributed by atoms with van der Waals surface area (Å²) < 4.78 is 5.39. The van der Waals surface area contributed by atoms with E-state index in [4.69, 9.17) is 4.74 Å². The van der Waals surface area contributed by atoms with E-state index in [0.717, 1.165) is 17.6 Å². The minimum Gasteiger partial charge on any atom is -0.496 e. The van der Waals surface area contributed by atoms with E-state index in [0.29, 0.717) is 0 Å². The number of hydrogen-bond donors (Lipinski definition) is 0. The molecule has 0 aromatic heterocycles. The third-order valence-corrected chi connectivity index (χ3v) is 4.13. The van der Waals surface area contributed by atoms with Gasteiger partial charge in [-0.3, -0.25) is 0 Å². The fraction of sp³-hybridized carbons (Fsp3) is 0.600. The van der Waals surface area contributed by atoms with Gasteiger partial charge < -0.3 is 4.74 Å². The predicted octanol–water partition coefficient (Wildman–Crippen LogP) is 3.76. The summed E-state index contributed by atoms with van der Waals surface area (Å²) in [4.78, 5) is 0. The summed E-state index contributed by atoms with van der Waals surface area (Å²) in [6.45, 7) is 6.80. The van der Waals surface area contributed by atoms with E-state index in [1.807, 2.05) is 0 Å². The topological polar surface area (TPSA) is 9.23 Å². The molecule has 2 rings (SSSR count). The van der Waals surface area contributed by atoms with Crippen LogP contribution in [0.1, 0.15) is 37.0 Å². The monoisotopic (exact) mass is 218 g/mol. The average molecular weight is 218 g/mol. The van der Waals surface area contributed by atoms with Gasteiger partial charge in [0.05, 0.1) is 7.11 Å². The number of aryl methyl sites for hydroxylation is 1. The van der Waals surface area contributed by atoms with E-state index in [1.54, 1.807) is 12.7 Å². The Morgan fingerprint density at radius 3 is 2.50 bits per heavy atom. The molecule has 2 unspecified atom stereocenters. The lowest BCUT2D eigenvalue weighted by Gasteiger charge is -2.16. The fourth-order valence-corrected chi connectivity index (χ4v) is 2.76. The van der Waals surface area contributed by atoms with Gasteiger partial charge in [-0.2, -0.15) is 0 Å². The van der Waals surface area contributed by atoms with Crippen molar-refractivity contribution in [2.75, 3.05) is 7.11 Å². The molecule has 1 aliphatic carbocycles. The molecule has 16 heavy (non-hydrogen) atoms. The van der Waals surface area contributed by atoms with Crippen molar-refractivity contribution in [1.29, 1.82) is 0 Å². The number of benzene rings is 1. The van der Waals surface area contributed by atoms with Gasteiger partial charge in [0, 0.05) is 0 Å². The molecule has 0 saturated heterocycles. The van der Waals surface area contributed by atoms with E-state index in [-0.39, 0.29) is 0 Å². The average Bonchev–Trinajstić information content (AvgIpc) is 2.69. The second-order valence-corrected chi connectivity index (χ2v) is 5.14. The Hall–Kier alpha value is -0.980. The Balaban J connectivity index is 2.24. The number of rotatable bonds is 3. The third kappa shape index (κ3) is 1.95. The molecule has 0 radical (unpaired) electrons. The second kappa shape index (κ2) is 4.48. The molecule has 0 aliphatic heterocycles. The van der Waals surface area contributed by atoms with E-state index in [2.05, 4.69) is 32.9 Å². The lowest BCUT2D eigenvalue weighted by molar-refractivity contribution is 0.363. The number of ether oxygens (including phenoxy) is 1. The van der Waals surface area contributed by atoms with E-state index < -0.39 is 0 Å². The molecule has 0 heterocycles. The quantitative estimate of drug-likeness (QED) is 0.750. The maximum Gasteiger partial charge on any atom is 0.122 e. The van der Waals surface area contributed by atoms with E-state index in [1.165, 1.54) is 30.4 Å². The zero-order valence-corrected chi connectivity index (χ0v) is 10.8. The molecule has 0 N–H and O–H groups in total. The van der Waals surface area contributed by atoms with Gasteiger partial charge in [-0.25, -0.2) is 0 Å². The van der Waals surface area contributed by atoms with Crippen molar-refractivity contribution in [1.82, 2.24) is 0 Å². The molecule has 0 bridgehead atoms. The van der Waals surface area contributed by atoms with Crippen molar-refractivity contribution < 1.29 is 4.74 Å². The van der Waals surface area contributed by atoms with Crippen LogP contribution in [0.3, 0.4) is 0 Å². The zero-order chi connectivity index (χ0) is 11.7. The van der Waals surface area contributed by atoms with Gasteiger partial charge in [0.15, 0.2) is 0 Å². The van der Waals surface area contributed by atoms with Crippen LogP contribution in [0.5, 0.6) is 5.75 Å². The van der Waals surface area contributed by atoms with Crippen molar-refractivity contribution in [3.63, 3.8) is 0 Å². The van der Waals surface area contributed by atoms with Crippen LogP contribution in [0.2, 0.25) is 0 Å². The minimum absolute atomic E-state index is 0.832. The van der Waals surface area contributed by atoms with Gasteiger partial charge in [0.1, 0.15) is 5.75 Å². The minimum atomic E-state index is 0.832. The highest BCUT2D eigenvalue weighted by Crippen LogP contribution is 2.36. The summed E-state index contributed by atoms with van der Waals surface area (Å²) >= 11 is 0. The Kier molecular flexibility index (Phi) is 3.22. The highest BCUT2D eigenvalue weighted by Gasteiger charge is 2.26. The molecule has 88 valence electrons. The van der Waals surface area contributed by atoms with Gasteiger partial charge in [0.2, 0.25) is 0 Å². The van der Waals surface area contributed by atoms with E-state index in [9.17, 15) is 0 Å². The highest BCUT2D eigenvalue weighted by molar-refractivity contribution is 5.44. The van der Waals surface area contributed by atoms with Crippen LogP contribution in [0.25, 0.3) is 0 Å². The normalized spacial score (nSPS) is 20.6. The third-order valence-electron chi connectivity index (χ3n) is 4.13. The summed E-state index contributed by atoms with van der Waals surface area (Å²) in [5.74, 6) is 2.72. The Morgan fingerprint density at radius 1 is 1.31 bits per heavy atom. The maximum atomic E-state index is 5.39. The molecule has 1 heteroatoms. The number of methoxy groups -OCH3 is 1. The Morgan fingerprint density at radius 2 is 1.94 bits per heavy atom. The van der Waals surface area contributed by atoms with Crippen LogP contribution in [-0.4, -0.2) is 7.11 Å². The first-order valence-electron chi connectivity index (χ1n) is 6.32. The van der Waals surface area contributed by atoms with Gasteiger partial charge in [0.25, 0.3) is 0 Å². The molecule has 2 atom stereocenters. The first-order chi connectivity index (χ1) is 7.65. The summed E-state index contributed by atoms with van der Waals surface area (Å²) in [7, 11) is 1.76. The molecule has 1 aromatic rings. The first kappa shape index (κ1) is 11.5. The van der Waals surface area contributed by atoms with Crippen LogP contribution in [0.4, 0.5) is 0 Å². The molecule has 1 aromatic carbocycles. The molecule has 0 fully saturated rings. The van der Waals surface area contributed by atoms with Crippen LogP contribution >= 0.6 is 0 Å². The summed E-state index contributed by atoms with van der Waals surface area (Å²) in [5, 5.41) is 0. The molecular weight excluding hydrogens is 196 g/mol. The van der Waals surface area contributed by atoms with Gasteiger partial charge >= 0.3 is 0 Å². The van der Waals surface area contributed by atoms with Crippen molar-refractivity contribution in [2.45, 2.75) is 40.0 Å². The molecule has 1 nitrogen and oxygen atoms in total. The van der Waals surface area contributed by atoms with Crippen LogP contribution in [-0.2, 0) is 12.8 Å². The SMILES string of the molecule is CCC(C)C1Cc2cc(C)c(OC)cc2C1. The van der Waals surface area contributed by atoms with Gasteiger partial charge in [-0.1, -0.05) is 26.3 Å². The smallest absolute Gasteiger partial charge is 0.122 e. The predicted molar refractivity (Wildman–Crippen MR) is 68.1 cm³/mol. The molecule has 0 spiro atoms. The Labute approximate surface area is 98.8 Å². The van der Waals surface area contributed by atoms with Crippen molar-refractivity contribution in [3.05, 3.63) is 28.8 Å². The molecular formula is C15H22O. The van der Waals surface area contributed by atoms with Crippen molar-refractivity contribution in [2.24, 2.45) is 11.8 Å². The van der Waals surface area contributed by atoms with E-state index >= 15 is 0 Å². The molecule has 0 amide bonds. The maximum absolute atomic E-state index is 5.39. The summed E-state index contributed by atoms with van der Waals surface area (Å²) in [6, 6.07) is 4.56. The number of hydrogen-bond acceptors (Lipinski definition) is 1. The van der Waals surface area contributed by atoms with Crippen LogP contribution in [0.15, 0.2) is 12.1 Å². The largest absolute Gasteiger partial charge is 0.496 e. The molecule has 1 aliphatic rings. The zero-order valence-electron chi connectivity index (χ0n) is 10.8. The highest BCUT2D eigenvalue weighted by atomic mass is 16.5. The lowest BCUT2D eigenvalue weighted by Crippen LogP contribution is -2.10. The van der Waals surface area contributed by atoms with Crippen molar-refractivity contribution in [3.8, 4) is 5.75 Å². The summed E-state index contributed by atoms with van der Waals surface area (Å²) in [5.41, 5.74) is 4.32. The van der Waals surface area contributed by atoms with Crippen LogP contribution < -0.4 is 4.74 Å². The second-order valence-electron chi connectivity index (χ2n) is 5.14. The standard InChI is InChI=1S/C15H22O/c1-5-10(2)12-7-13-6-11(3)15(16-4)9-14(13)8-12/h6,9-10,12H,5,7-8H2,1-4H3. The Bertz CT molecular complexity index is 381. The van der Waals surface area contributed by atoms with Crippen molar-refractivity contribution >= 4 is 0 Å². The molecule has 0 saturated carbocycles. The van der Waals surface area contributed by atoms with Gasteiger partial charge in [-0.15, -0.1) is 0 Å². The summed E-state index contributed by atoms with van der Waals surface area (Å²) in [6.07, 6.45) is 3.78. The number of fused-ring (bicyclic) bond motifs is 1. The first-order valence-corrected chi connectivity index (χ1v) is 6.32. The van der Waals surface area contributed by atoms with Crippen LogP contribution in [0, 0.1) is 18.8 Å². The lowest BCUT2D eigenvalue weighted by atomic mass is 9.89.